The molecule has 0 aromatic rings. The van der Waals surface area contributed by atoms with Gasteiger partial charge in [-0.3, -0.25) is 4.79 Å². The second-order valence-corrected chi connectivity index (χ2v) is 5.33. The number of carbonyl (C=O) groups excluding carboxylic acids is 1. The number of carbonyl (C=O) groups is 1. The van der Waals surface area contributed by atoms with Crippen LogP contribution in [0.3, 0.4) is 0 Å². The summed E-state index contributed by atoms with van der Waals surface area (Å²) in [5.41, 5.74) is 2.19. The van der Waals surface area contributed by atoms with Crippen LogP contribution in [0.4, 0.5) is 8.78 Å². The molecule has 106 valence electrons. The van der Waals surface area contributed by atoms with Crippen molar-refractivity contribution in [3.05, 3.63) is 35.6 Å². The van der Waals surface area contributed by atoms with Crippen molar-refractivity contribution in [1.29, 1.82) is 0 Å². The first-order valence-electron chi connectivity index (χ1n) is 6.52. The Morgan fingerprint density at radius 1 is 1.50 bits per heavy atom. The molecule has 0 radical (unpaired) electrons. The number of alkyl halides is 2. The second-order valence-electron chi connectivity index (χ2n) is 5.33. The Balaban J connectivity index is 1.92. The van der Waals surface area contributed by atoms with Gasteiger partial charge in [-0.25, -0.2) is 8.78 Å². The Kier molecular flexibility index (Phi) is 2.81. The standard InChI is InChI=1S/C15H15F2NO2/c1-8-6-12-10(4-3-5-20-12)13(8)14-11(15(14,16)17)7-18-9(2)19/h3-6,11,14H,7H2,1-2H3,(H,18,19). The van der Waals surface area contributed by atoms with Gasteiger partial charge in [-0.2, -0.15) is 0 Å². The average Bonchev–Trinajstić information content (AvgIpc) is 2.74. The minimum atomic E-state index is -2.77. The Morgan fingerprint density at radius 3 is 2.95 bits per heavy atom. The first-order valence-corrected chi connectivity index (χ1v) is 6.52. The predicted octanol–water partition coefficient (Wildman–Crippen LogP) is 3.18. The van der Waals surface area contributed by atoms with Crippen LogP contribution in [0.5, 0.6) is 0 Å². The first-order chi connectivity index (χ1) is 9.43. The molecule has 1 fully saturated rings. The summed E-state index contributed by atoms with van der Waals surface area (Å²) in [7, 11) is 0. The maximum Gasteiger partial charge on any atom is 0.260 e. The molecule has 3 nitrogen and oxygen atoms in total. The van der Waals surface area contributed by atoms with Crippen LogP contribution in [0.1, 0.15) is 24.0 Å². The number of nitrogens with one attached hydrogen (secondary N) is 1. The van der Waals surface area contributed by atoms with E-state index in [1.807, 2.05) is 6.92 Å². The van der Waals surface area contributed by atoms with Crippen LogP contribution >= 0.6 is 0 Å². The van der Waals surface area contributed by atoms with Gasteiger partial charge in [-0.05, 0) is 36.2 Å². The van der Waals surface area contributed by atoms with Gasteiger partial charge in [0.05, 0.1) is 18.1 Å². The lowest BCUT2D eigenvalue weighted by Crippen LogP contribution is -2.24. The van der Waals surface area contributed by atoms with Crippen LogP contribution in [-0.2, 0) is 4.79 Å². The maximum absolute atomic E-state index is 14.0. The zero-order valence-electron chi connectivity index (χ0n) is 11.2. The third-order valence-electron chi connectivity index (χ3n) is 3.95. The summed E-state index contributed by atoms with van der Waals surface area (Å²) in [5, 5.41) is 2.48. The largest absolute Gasteiger partial charge is 0.464 e. The van der Waals surface area contributed by atoms with E-state index in [0.717, 1.165) is 11.1 Å². The lowest BCUT2D eigenvalue weighted by molar-refractivity contribution is -0.119. The number of fused-ring (bicyclic) bond motifs is 1. The molecule has 1 aliphatic heterocycles. The molecule has 0 aromatic carbocycles. The van der Waals surface area contributed by atoms with E-state index < -0.39 is 17.8 Å². The van der Waals surface area contributed by atoms with E-state index in [9.17, 15) is 13.6 Å². The predicted molar refractivity (Wildman–Crippen MR) is 69.9 cm³/mol. The summed E-state index contributed by atoms with van der Waals surface area (Å²) < 4.78 is 33.3. The lowest BCUT2D eigenvalue weighted by Gasteiger charge is -2.03. The highest BCUT2D eigenvalue weighted by molar-refractivity contribution is 5.73. The molecule has 5 heteroatoms. The molecular formula is C15H15F2NO2. The van der Waals surface area contributed by atoms with Crippen LogP contribution in [-0.4, -0.2) is 18.4 Å². The molecule has 1 N–H and O–H groups in total. The molecule has 1 saturated carbocycles. The molecule has 1 amide bonds. The van der Waals surface area contributed by atoms with E-state index in [1.54, 1.807) is 18.2 Å². The quantitative estimate of drug-likeness (QED) is 0.937. The van der Waals surface area contributed by atoms with E-state index in [0.29, 0.717) is 11.3 Å². The summed E-state index contributed by atoms with van der Waals surface area (Å²) in [4.78, 5) is 10.9. The zero-order valence-corrected chi connectivity index (χ0v) is 11.2. The summed E-state index contributed by atoms with van der Waals surface area (Å²) in [6.07, 6.45) is 1.53. The van der Waals surface area contributed by atoms with Crippen molar-refractivity contribution < 1.29 is 18.0 Å². The van der Waals surface area contributed by atoms with E-state index in [4.69, 9.17) is 4.42 Å². The molecule has 0 spiro atoms. The van der Waals surface area contributed by atoms with Gasteiger partial charge < -0.3 is 9.73 Å². The molecular weight excluding hydrogens is 264 g/mol. The fourth-order valence-corrected chi connectivity index (χ4v) is 2.92. The number of rotatable bonds is 3. The number of halogens is 2. The van der Waals surface area contributed by atoms with Gasteiger partial charge in [0.25, 0.3) is 5.92 Å². The molecule has 2 unspecified atom stereocenters. The summed E-state index contributed by atoms with van der Waals surface area (Å²) in [5.74, 6) is -4.11. The highest BCUT2D eigenvalue weighted by Gasteiger charge is 2.69. The maximum atomic E-state index is 14.0. The normalized spacial score (nSPS) is 23.8. The summed E-state index contributed by atoms with van der Waals surface area (Å²) in [6.45, 7) is 3.15. The molecule has 2 aliphatic carbocycles. The third-order valence-corrected chi connectivity index (χ3v) is 3.95. The second kappa shape index (κ2) is 4.30. The fraction of sp³-hybridized carbons (Fsp3) is 0.400. The Labute approximate surface area is 115 Å². The van der Waals surface area contributed by atoms with Gasteiger partial charge in [0, 0.05) is 19.0 Å². The summed E-state index contributed by atoms with van der Waals surface area (Å²) >= 11 is 0. The topological polar surface area (TPSA) is 42.2 Å². The van der Waals surface area contributed by atoms with E-state index >= 15 is 0 Å². The van der Waals surface area contributed by atoms with Crippen molar-refractivity contribution in [3.63, 3.8) is 0 Å². The van der Waals surface area contributed by atoms with Crippen molar-refractivity contribution in [2.75, 3.05) is 6.54 Å². The van der Waals surface area contributed by atoms with Crippen molar-refractivity contribution in [2.24, 2.45) is 5.92 Å². The first kappa shape index (κ1) is 13.1. The molecule has 0 saturated heterocycles. The van der Waals surface area contributed by atoms with Crippen molar-refractivity contribution in [1.82, 2.24) is 5.32 Å². The van der Waals surface area contributed by atoms with Gasteiger partial charge in [0.15, 0.2) is 0 Å². The highest BCUT2D eigenvalue weighted by Crippen LogP contribution is 2.63. The van der Waals surface area contributed by atoms with Gasteiger partial charge in [0.2, 0.25) is 5.91 Å². The minimum Gasteiger partial charge on any atom is -0.464 e. The molecule has 1 heterocycles. The number of hydrogen-bond donors (Lipinski definition) is 1. The number of amides is 1. The SMILES string of the molecule is CC(=O)NCC1C(c2c(C)cc3occcc2-3)C1(F)F. The van der Waals surface area contributed by atoms with Crippen LogP contribution in [0.25, 0.3) is 11.3 Å². The zero-order chi connectivity index (χ0) is 14.5. The van der Waals surface area contributed by atoms with Gasteiger partial charge >= 0.3 is 0 Å². The molecule has 3 aliphatic rings. The molecule has 0 aromatic heterocycles. The Hall–Kier alpha value is -1.91. The van der Waals surface area contributed by atoms with Gasteiger partial charge in [-0.15, -0.1) is 0 Å². The van der Waals surface area contributed by atoms with Crippen molar-refractivity contribution >= 4 is 5.91 Å². The van der Waals surface area contributed by atoms with Crippen LogP contribution < -0.4 is 5.32 Å². The molecule has 20 heavy (non-hydrogen) atoms. The Bertz CT molecular complexity index is 635. The Morgan fingerprint density at radius 2 is 2.25 bits per heavy atom. The smallest absolute Gasteiger partial charge is 0.260 e. The van der Waals surface area contributed by atoms with E-state index in [-0.39, 0.29) is 12.5 Å². The molecule has 2 atom stereocenters. The van der Waals surface area contributed by atoms with Crippen molar-refractivity contribution in [2.45, 2.75) is 25.7 Å². The molecule has 3 rings (SSSR count). The third kappa shape index (κ3) is 1.88. The number of aryl methyl sites for hydroxylation is 1. The molecule has 0 bridgehead atoms. The average molecular weight is 279 g/mol. The lowest BCUT2D eigenvalue weighted by atomic mass is 10.0. The van der Waals surface area contributed by atoms with Gasteiger partial charge in [0.1, 0.15) is 5.76 Å². The van der Waals surface area contributed by atoms with Crippen molar-refractivity contribution in [3.8, 4) is 11.3 Å². The van der Waals surface area contributed by atoms with Gasteiger partial charge in [-0.1, -0.05) is 0 Å². The van der Waals surface area contributed by atoms with E-state index in [1.165, 1.54) is 13.2 Å². The van der Waals surface area contributed by atoms with Crippen LogP contribution in [0, 0.1) is 12.8 Å². The fourth-order valence-electron chi connectivity index (χ4n) is 2.92. The monoisotopic (exact) mass is 279 g/mol. The summed E-state index contributed by atoms with van der Waals surface area (Å²) in [6, 6.07) is 5.29. The van der Waals surface area contributed by atoms with E-state index in [2.05, 4.69) is 5.32 Å². The number of hydrogen-bond acceptors (Lipinski definition) is 2. The van der Waals surface area contributed by atoms with Crippen LogP contribution in [0.15, 0.2) is 28.9 Å². The van der Waals surface area contributed by atoms with Crippen LogP contribution in [0.2, 0.25) is 0 Å². The highest BCUT2D eigenvalue weighted by atomic mass is 19.3. The minimum absolute atomic E-state index is 0.00307.